The van der Waals surface area contributed by atoms with Crippen molar-refractivity contribution < 1.29 is 4.79 Å². The molecule has 2 aromatic heterocycles. The maximum absolute atomic E-state index is 12.0. The fourth-order valence-electron chi connectivity index (χ4n) is 2.15. The maximum atomic E-state index is 12.0. The molecule has 0 saturated heterocycles. The number of aryl methyl sites for hydroxylation is 1. The molecule has 1 atom stereocenters. The highest BCUT2D eigenvalue weighted by atomic mass is 32.1. The number of anilines is 1. The van der Waals surface area contributed by atoms with Crippen molar-refractivity contribution in [1.29, 1.82) is 0 Å². The van der Waals surface area contributed by atoms with Gasteiger partial charge in [0, 0.05) is 12.8 Å². The van der Waals surface area contributed by atoms with Crippen molar-refractivity contribution in [2.45, 2.75) is 25.8 Å². The molecule has 0 bridgehead atoms. The molecule has 0 aliphatic heterocycles. The fraction of sp³-hybridized carbons (Fsp3) is 0.286. The first-order chi connectivity index (χ1) is 10.6. The van der Waals surface area contributed by atoms with Crippen LogP contribution in [-0.4, -0.2) is 26.1 Å². The Bertz CT molecular complexity index is 762. The molecule has 4 N–H and O–H groups in total. The standard InChI is InChI=1S/C14H16N6OS/c1-8(13-19-20-14(15)22-13)16-12(21)7-6-11-17-9-4-2-3-5-10(9)18-11/h2-5,8H,6-7H2,1H3,(H2,15,20)(H,16,21)(H,17,18). The molecule has 0 aliphatic rings. The van der Waals surface area contributed by atoms with Gasteiger partial charge in [-0.3, -0.25) is 4.79 Å². The molecule has 7 nitrogen and oxygen atoms in total. The minimum atomic E-state index is -0.196. The molecule has 2 heterocycles. The van der Waals surface area contributed by atoms with E-state index in [1.54, 1.807) is 0 Å². The zero-order chi connectivity index (χ0) is 15.5. The number of nitrogens with zero attached hydrogens (tertiary/aromatic N) is 3. The van der Waals surface area contributed by atoms with Gasteiger partial charge in [0.05, 0.1) is 17.1 Å². The lowest BCUT2D eigenvalue weighted by atomic mass is 10.2. The zero-order valence-corrected chi connectivity index (χ0v) is 12.9. The SMILES string of the molecule is CC(NC(=O)CCc1nc2ccccc2[nH]1)c1nnc(N)s1. The van der Waals surface area contributed by atoms with E-state index in [1.165, 1.54) is 11.3 Å². The number of aromatic amines is 1. The highest BCUT2D eigenvalue weighted by Crippen LogP contribution is 2.19. The first-order valence-electron chi connectivity index (χ1n) is 6.93. The molecule has 1 amide bonds. The maximum Gasteiger partial charge on any atom is 0.221 e. The Morgan fingerprint density at radius 2 is 2.23 bits per heavy atom. The summed E-state index contributed by atoms with van der Waals surface area (Å²) in [5, 5.41) is 11.7. The summed E-state index contributed by atoms with van der Waals surface area (Å²) in [5.41, 5.74) is 7.43. The van der Waals surface area contributed by atoms with E-state index in [1.807, 2.05) is 31.2 Å². The Morgan fingerprint density at radius 3 is 2.95 bits per heavy atom. The molecule has 0 aliphatic carbocycles. The molecular formula is C14H16N6OS. The number of amides is 1. The summed E-state index contributed by atoms with van der Waals surface area (Å²) in [6.07, 6.45) is 0.921. The third kappa shape index (κ3) is 3.22. The third-order valence-corrected chi connectivity index (χ3v) is 4.17. The fourth-order valence-corrected chi connectivity index (χ4v) is 2.77. The van der Waals surface area contributed by atoms with Gasteiger partial charge in [0.1, 0.15) is 10.8 Å². The molecule has 8 heteroatoms. The number of carbonyl (C=O) groups is 1. The monoisotopic (exact) mass is 316 g/mol. The molecule has 0 radical (unpaired) electrons. The van der Waals surface area contributed by atoms with Crippen molar-refractivity contribution in [3.8, 4) is 0 Å². The number of nitrogen functional groups attached to an aromatic ring is 1. The molecule has 22 heavy (non-hydrogen) atoms. The summed E-state index contributed by atoms with van der Waals surface area (Å²) in [6.45, 7) is 1.86. The second-order valence-corrected chi connectivity index (χ2v) is 6.01. The van der Waals surface area contributed by atoms with E-state index >= 15 is 0 Å². The number of hydrogen-bond acceptors (Lipinski definition) is 6. The lowest BCUT2D eigenvalue weighted by Gasteiger charge is -2.09. The number of rotatable bonds is 5. The van der Waals surface area contributed by atoms with Crippen LogP contribution in [0.2, 0.25) is 0 Å². The van der Waals surface area contributed by atoms with E-state index in [9.17, 15) is 4.79 Å². The third-order valence-electron chi connectivity index (χ3n) is 3.23. The van der Waals surface area contributed by atoms with Gasteiger partial charge in [-0.1, -0.05) is 23.5 Å². The first-order valence-corrected chi connectivity index (χ1v) is 7.75. The normalized spacial score (nSPS) is 12.4. The average molecular weight is 316 g/mol. The molecule has 0 saturated carbocycles. The molecule has 114 valence electrons. The highest BCUT2D eigenvalue weighted by Gasteiger charge is 2.14. The number of imidazole rings is 1. The number of H-pyrrole nitrogens is 1. The molecule has 3 rings (SSSR count). The van der Waals surface area contributed by atoms with E-state index in [-0.39, 0.29) is 11.9 Å². The molecular weight excluding hydrogens is 300 g/mol. The van der Waals surface area contributed by atoms with Gasteiger partial charge >= 0.3 is 0 Å². The number of nitrogens with two attached hydrogens (primary N) is 1. The number of para-hydroxylation sites is 2. The molecule has 3 aromatic rings. The van der Waals surface area contributed by atoms with Crippen molar-refractivity contribution in [2.24, 2.45) is 0 Å². The molecule has 0 spiro atoms. The Labute approximate surface area is 131 Å². The van der Waals surface area contributed by atoms with Gasteiger partial charge in [0.25, 0.3) is 0 Å². The van der Waals surface area contributed by atoms with Crippen LogP contribution in [0, 0.1) is 0 Å². The van der Waals surface area contributed by atoms with Crippen LogP contribution >= 0.6 is 11.3 Å². The van der Waals surface area contributed by atoms with Gasteiger partial charge < -0.3 is 16.0 Å². The van der Waals surface area contributed by atoms with E-state index in [0.29, 0.717) is 23.0 Å². The van der Waals surface area contributed by atoms with Gasteiger partial charge in [-0.25, -0.2) is 4.98 Å². The number of hydrogen-bond donors (Lipinski definition) is 3. The van der Waals surface area contributed by atoms with Crippen LogP contribution < -0.4 is 11.1 Å². The highest BCUT2D eigenvalue weighted by molar-refractivity contribution is 7.15. The average Bonchev–Trinajstić information content (AvgIpc) is 3.10. The van der Waals surface area contributed by atoms with Crippen LogP contribution in [0.4, 0.5) is 5.13 Å². The number of carbonyl (C=O) groups excluding carboxylic acids is 1. The van der Waals surface area contributed by atoms with Crippen molar-refractivity contribution in [3.63, 3.8) is 0 Å². The summed E-state index contributed by atoms with van der Waals surface area (Å²) in [5.74, 6) is 0.755. The van der Waals surface area contributed by atoms with Crippen LogP contribution in [-0.2, 0) is 11.2 Å². The number of aromatic nitrogens is 4. The summed E-state index contributed by atoms with van der Waals surface area (Å²) in [4.78, 5) is 19.7. The predicted octanol–water partition coefficient (Wildman–Crippen LogP) is 1.81. The predicted molar refractivity (Wildman–Crippen MR) is 85.3 cm³/mol. The lowest BCUT2D eigenvalue weighted by molar-refractivity contribution is -0.121. The van der Waals surface area contributed by atoms with Gasteiger partial charge in [-0.05, 0) is 19.1 Å². The summed E-state index contributed by atoms with van der Waals surface area (Å²) >= 11 is 1.28. The lowest BCUT2D eigenvalue weighted by Crippen LogP contribution is -2.26. The van der Waals surface area contributed by atoms with Crippen molar-refractivity contribution >= 4 is 33.4 Å². The van der Waals surface area contributed by atoms with E-state index < -0.39 is 0 Å². The van der Waals surface area contributed by atoms with Crippen molar-refractivity contribution in [3.05, 3.63) is 35.1 Å². The zero-order valence-electron chi connectivity index (χ0n) is 12.0. The Kier molecular flexibility index (Phi) is 4.01. The van der Waals surface area contributed by atoms with Crippen molar-refractivity contribution in [1.82, 2.24) is 25.5 Å². The summed E-state index contributed by atoms with van der Waals surface area (Å²) in [6, 6.07) is 7.60. The Morgan fingerprint density at radius 1 is 1.41 bits per heavy atom. The van der Waals surface area contributed by atoms with E-state index in [0.717, 1.165) is 16.9 Å². The second kappa shape index (κ2) is 6.10. The molecule has 1 unspecified atom stereocenters. The topological polar surface area (TPSA) is 110 Å². The van der Waals surface area contributed by atoms with Crippen LogP contribution in [0.15, 0.2) is 24.3 Å². The summed E-state index contributed by atoms with van der Waals surface area (Å²) < 4.78 is 0. The van der Waals surface area contributed by atoms with Crippen LogP contribution in [0.25, 0.3) is 11.0 Å². The van der Waals surface area contributed by atoms with E-state index in [4.69, 9.17) is 5.73 Å². The van der Waals surface area contributed by atoms with Gasteiger partial charge in [0.15, 0.2) is 0 Å². The Hall–Kier alpha value is -2.48. The van der Waals surface area contributed by atoms with E-state index in [2.05, 4.69) is 25.5 Å². The summed E-state index contributed by atoms with van der Waals surface area (Å²) in [7, 11) is 0. The van der Waals surface area contributed by atoms with Crippen molar-refractivity contribution in [2.75, 3.05) is 5.73 Å². The molecule has 1 aromatic carbocycles. The van der Waals surface area contributed by atoms with Crippen LogP contribution in [0.5, 0.6) is 0 Å². The number of nitrogens with one attached hydrogen (secondary N) is 2. The second-order valence-electron chi connectivity index (χ2n) is 4.97. The first kappa shape index (κ1) is 14.5. The quantitative estimate of drug-likeness (QED) is 0.665. The van der Waals surface area contributed by atoms with Gasteiger partial charge in [-0.15, -0.1) is 10.2 Å². The minimum Gasteiger partial charge on any atom is -0.374 e. The number of benzene rings is 1. The largest absolute Gasteiger partial charge is 0.374 e. The Balaban J connectivity index is 1.55. The van der Waals surface area contributed by atoms with Gasteiger partial charge in [-0.2, -0.15) is 0 Å². The van der Waals surface area contributed by atoms with Crippen LogP contribution in [0.3, 0.4) is 0 Å². The smallest absolute Gasteiger partial charge is 0.221 e. The minimum absolute atomic E-state index is 0.0540. The van der Waals surface area contributed by atoms with Gasteiger partial charge in [0.2, 0.25) is 11.0 Å². The molecule has 0 fully saturated rings. The van der Waals surface area contributed by atoms with Crippen LogP contribution in [0.1, 0.15) is 30.2 Å². The number of fused-ring (bicyclic) bond motifs is 1.